The monoisotopic (exact) mass is 333 g/mol. The summed E-state index contributed by atoms with van der Waals surface area (Å²) in [6, 6.07) is 10.0. The third kappa shape index (κ3) is 3.81. The molecule has 0 bridgehead atoms. The van der Waals surface area contributed by atoms with Crippen molar-refractivity contribution >= 4 is 41.0 Å². The van der Waals surface area contributed by atoms with Crippen LogP contribution in [0, 0.1) is 12.7 Å². The zero-order valence-corrected chi connectivity index (χ0v) is 13.0. The van der Waals surface area contributed by atoms with Crippen molar-refractivity contribution in [1.82, 2.24) is 0 Å². The lowest BCUT2D eigenvalue weighted by molar-refractivity contribution is -0.136. The first-order valence-corrected chi connectivity index (χ1v) is 7.14. The van der Waals surface area contributed by atoms with Crippen LogP contribution in [0.3, 0.4) is 0 Å². The number of hydrogen-bond acceptors (Lipinski definition) is 3. The quantitative estimate of drug-likeness (QED) is 0.477. The number of carbonyl (C=O) groups is 3. The number of hydrogen-bond donors (Lipinski definition) is 0. The molecule has 0 aliphatic rings. The number of halogens is 2. The van der Waals surface area contributed by atoms with Crippen molar-refractivity contribution < 1.29 is 18.8 Å². The highest BCUT2D eigenvalue weighted by molar-refractivity contribution is 6.44. The number of Topliss-reactive ketones (excluding diaryl/α,β-unsaturated/α-hetero) is 1. The summed E-state index contributed by atoms with van der Waals surface area (Å²) in [5.41, 5.74) is 1.40. The number of ketones is 1. The van der Waals surface area contributed by atoms with Crippen molar-refractivity contribution in [3.8, 4) is 0 Å². The molecule has 0 aromatic heterocycles. The number of nitrogens with zero attached hydrogens (tertiary/aromatic N) is 1. The molecule has 0 atom stereocenters. The molecule has 0 aliphatic carbocycles. The Kier molecular flexibility index (Phi) is 5.24. The second-order valence-electron chi connectivity index (χ2n) is 4.84. The van der Waals surface area contributed by atoms with Crippen LogP contribution in [0.4, 0.5) is 15.8 Å². The van der Waals surface area contributed by atoms with E-state index in [1.165, 1.54) is 30.3 Å². The molecule has 0 heterocycles. The van der Waals surface area contributed by atoms with Crippen molar-refractivity contribution in [2.75, 3.05) is 4.90 Å². The van der Waals surface area contributed by atoms with E-state index in [0.29, 0.717) is 28.2 Å². The maximum absolute atomic E-state index is 13.1. The average molecular weight is 334 g/mol. The fraction of sp³-hybridized carbons (Fsp3) is 0.118. The van der Waals surface area contributed by atoms with Crippen LogP contribution in [-0.2, 0) is 14.4 Å². The normalized spacial score (nSPS) is 10.2. The van der Waals surface area contributed by atoms with Gasteiger partial charge in [-0.1, -0.05) is 17.7 Å². The Hall–Kier alpha value is -2.53. The van der Waals surface area contributed by atoms with E-state index < -0.39 is 23.9 Å². The molecule has 0 N–H and O–H groups in total. The summed E-state index contributed by atoms with van der Waals surface area (Å²) < 4.78 is 13.1. The maximum Gasteiger partial charge on any atom is 0.299 e. The highest BCUT2D eigenvalue weighted by Crippen LogP contribution is 2.31. The van der Waals surface area contributed by atoms with Crippen LogP contribution in [0.1, 0.15) is 12.0 Å². The maximum atomic E-state index is 13.1. The van der Waals surface area contributed by atoms with Crippen molar-refractivity contribution in [2.45, 2.75) is 13.3 Å². The van der Waals surface area contributed by atoms with E-state index in [4.69, 9.17) is 11.6 Å². The van der Waals surface area contributed by atoms with Gasteiger partial charge in [0.25, 0.3) is 5.91 Å². The smallest absolute Gasteiger partial charge is 0.299 e. The summed E-state index contributed by atoms with van der Waals surface area (Å²) in [6.07, 6.45) is -0.149. The predicted molar refractivity (Wildman–Crippen MR) is 85.4 cm³/mol. The Labute approximate surface area is 137 Å². The van der Waals surface area contributed by atoms with Gasteiger partial charge in [-0.15, -0.1) is 0 Å². The largest absolute Gasteiger partial charge is 0.303 e. The molecule has 0 fully saturated rings. The number of amides is 1. The fourth-order valence-electron chi connectivity index (χ4n) is 2.07. The second-order valence-corrected chi connectivity index (χ2v) is 5.28. The molecule has 4 nitrogen and oxygen atoms in total. The van der Waals surface area contributed by atoms with Crippen LogP contribution in [0.15, 0.2) is 42.5 Å². The molecule has 0 spiro atoms. The Morgan fingerprint density at radius 1 is 1.17 bits per heavy atom. The molecule has 2 aromatic rings. The molecular formula is C17H13ClFNO3. The standard InChI is InChI=1S/C17H13ClFNO3/c1-11-2-3-12(18)10-15(11)20(17(23)16(22)8-9-21)14-6-4-13(19)5-7-14/h2-7,9-10H,8H2,1H3. The van der Waals surface area contributed by atoms with Gasteiger partial charge >= 0.3 is 0 Å². The van der Waals surface area contributed by atoms with Gasteiger partial charge in [0.2, 0.25) is 5.78 Å². The number of anilines is 2. The summed E-state index contributed by atoms with van der Waals surface area (Å²) in [6.45, 7) is 1.75. The van der Waals surface area contributed by atoms with E-state index in [1.54, 1.807) is 19.1 Å². The van der Waals surface area contributed by atoms with Crippen LogP contribution in [-0.4, -0.2) is 18.0 Å². The lowest BCUT2D eigenvalue weighted by atomic mass is 10.1. The molecule has 1 amide bonds. The minimum absolute atomic E-state index is 0.306. The van der Waals surface area contributed by atoms with Gasteiger partial charge in [0.15, 0.2) is 0 Å². The van der Waals surface area contributed by atoms with E-state index >= 15 is 0 Å². The second kappa shape index (κ2) is 7.15. The summed E-state index contributed by atoms with van der Waals surface area (Å²) in [5, 5.41) is 0.383. The number of rotatable bonds is 5. The summed E-state index contributed by atoms with van der Waals surface area (Å²) in [4.78, 5) is 36.0. The molecule has 0 aliphatic heterocycles. The van der Waals surface area contributed by atoms with Crippen molar-refractivity contribution in [3.05, 3.63) is 58.9 Å². The van der Waals surface area contributed by atoms with Crippen LogP contribution in [0.5, 0.6) is 0 Å². The minimum atomic E-state index is -0.880. The molecule has 118 valence electrons. The Bertz CT molecular complexity index is 759. The van der Waals surface area contributed by atoms with Gasteiger partial charge in [0.05, 0.1) is 12.1 Å². The number of benzene rings is 2. The van der Waals surface area contributed by atoms with Gasteiger partial charge < -0.3 is 4.79 Å². The molecule has 0 radical (unpaired) electrons. The first-order valence-electron chi connectivity index (χ1n) is 6.76. The van der Waals surface area contributed by atoms with Crippen LogP contribution < -0.4 is 4.90 Å². The average Bonchev–Trinajstić information content (AvgIpc) is 2.53. The highest BCUT2D eigenvalue weighted by atomic mass is 35.5. The molecular weight excluding hydrogens is 321 g/mol. The van der Waals surface area contributed by atoms with E-state index in [9.17, 15) is 18.8 Å². The zero-order chi connectivity index (χ0) is 17.0. The molecule has 0 saturated carbocycles. The van der Waals surface area contributed by atoms with Gasteiger partial charge in [-0.2, -0.15) is 0 Å². The molecule has 6 heteroatoms. The molecule has 0 unspecified atom stereocenters. The van der Waals surface area contributed by atoms with Gasteiger partial charge in [-0.25, -0.2) is 4.39 Å². The Morgan fingerprint density at radius 2 is 1.83 bits per heavy atom. The molecule has 23 heavy (non-hydrogen) atoms. The Morgan fingerprint density at radius 3 is 2.43 bits per heavy atom. The van der Waals surface area contributed by atoms with Crippen LogP contribution in [0.25, 0.3) is 0 Å². The molecule has 0 saturated heterocycles. The third-order valence-corrected chi connectivity index (χ3v) is 3.44. The van der Waals surface area contributed by atoms with Crippen LogP contribution >= 0.6 is 11.6 Å². The lowest BCUT2D eigenvalue weighted by Gasteiger charge is -2.24. The van der Waals surface area contributed by atoms with Gasteiger partial charge in [-0.05, 0) is 48.9 Å². The molecule has 2 aromatic carbocycles. The number of carbonyl (C=O) groups excluding carboxylic acids is 3. The predicted octanol–water partition coefficient (Wildman–Crippen LogP) is 3.61. The summed E-state index contributed by atoms with van der Waals surface area (Å²) in [7, 11) is 0. The van der Waals surface area contributed by atoms with E-state index in [0.717, 1.165) is 4.90 Å². The van der Waals surface area contributed by atoms with Gasteiger partial charge in [0, 0.05) is 10.7 Å². The first kappa shape index (κ1) is 16.8. The third-order valence-electron chi connectivity index (χ3n) is 3.21. The zero-order valence-electron chi connectivity index (χ0n) is 12.3. The fourth-order valence-corrected chi connectivity index (χ4v) is 2.23. The number of aryl methyl sites for hydroxylation is 1. The molecule has 2 rings (SSSR count). The van der Waals surface area contributed by atoms with Gasteiger partial charge in [-0.3, -0.25) is 14.5 Å². The van der Waals surface area contributed by atoms with Crippen molar-refractivity contribution in [3.63, 3.8) is 0 Å². The lowest BCUT2D eigenvalue weighted by Crippen LogP contribution is -2.33. The topological polar surface area (TPSA) is 54.5 Å². The minimum Gasteiger partial charge on any atom is -0.303 e. The SMILES string of the molecule is Cc1ccc(Cl)cc1N(C(=O)C(=O)CC=O)c1ccc(F)cc1. The van der Waals surface area contributed by atoms with E-state index in [2.05, 4.69) is 0 Å². The summed E-state index contributed by atoms with van der Waals surface area (Å²) >= 11 is 5.98. The van der Waals surface area contributed by atoms with Crippen LogP contribution in [0.2, 0.25) is 5.02 Å². The highest BCUT2D eigenvalue weighted by Gasteiger charge is 2.25. The van der Waals surface area contributed by atoms with E-state index in [1.807, 2.05) is 0 Å². The Balaban J connectivity index is 2.57. The van der Waals surface area contributed by atoms with Crippen molar-refractivity contribution in [2.24, 2.45) is 0 Å². The van der Waals surface area contributed by atoms with Gasteiger partial charge in [0.1, 0.15) is 12.1 Å². The van der Waals surface area contributed by atoms with E-state index in [-0.39, 0.29) is 0 Å². The first-order chi connectivity index (χ1) is 10.9. The van der Waals surface area contributed by atoms with Crippen molar-refractivity contribution in [1.29, 1.82) is 0 Å². The number of aldehydes is 1. The summed E-state index contributed by atoms with van der Waals surface area (Å²) in [5.74, 6) is -2.21.